The third-order valence-corrected chi connectivity index (χ3v) is 4.83. The summed E-state index contributed by atoms with van der Waals surface area (Å²) in [6, 6.07) is 2.82. The van der Waals surface area contributed by atoms with Crippen LogP contribution in [0, 0.1) is 0 Å². The van der Waals surface area contributed by atoms with Crippen molar-refractivity contribution in [1.29, 1.82) is 0 Å². The molecule has 1 aromatic rings. The fraction of sp³-hybridized carbons (Fsp3) is 0.688. The number of likely N-dealkylation sites (tertiary alicyclic amines) is 1. The normalized spacial score (nSPS) is 21.7. The largest absolute Gasteiger partial charge is 0.367 e. The first kappa shape index (κ1) is 14.5. The van der Waals surface area contributed by atoms with Gasteiger partial charge in [-0.25, -0.2) is 14.8 Å². The van der Waals surface area contributed by atoms with Gasteiger partial charge >= 0.3 is 6.03 Å². The van der Waals surface area contributed by atoms with E-state index in [9.17, 15) is 4.79 Å². The average Bonchev–Trinajstić information content (AvgIpc) is 3.24. The highest BCUT2D eigenvalue weighted by molar-refractivity contribution is 5.75. The smallest absolute Gasteiger partial charge is 0.320 e. The number of hydrogen-bond donors (Lipinski definition) is 1. The van der Waals surface area contributed by atoms with Crippen LogP contribution in [0.15, 0.2) is 12.4 Å². The molecule has 0 atom stereocenters. The summed E-state index contributed by atoms with van der Waals surface area (Å²) in [5.74, 6) is 1.87. The van der Waals surface area contributed by atoms with Gasteiger partial charge in [0.15, 0.2) is 0 Å². The van der Waals surface area contributed by atoms with Crippen LogP contribution >= 0.6 is 0 Å². The molecule has 23 heavy (non-hydrogen) atoms. The Labute approximate surface area is 136 Å². The number of urea groups is 1. The van der Waals surface area contributed by atoms with E-state index >= 15 is 0 Å². The SMILES string of the molecule is O=C(N1CCCC1)N1CCN(c2cc(NC3CC3)ncn2)CC1. The minimum atomic E-state index is 0.209. The van der Waals surface area contributed by atoms with E-state index in [0.717, 1.165) is 63.7 Å². The molecule has 3 heterocycles. The number of rotatable bonds is 3. The number of carbonyl (C=O) groups is 1. The maximum atomic E-state index is 12.4. The second-order valence-electron chi connectivity index (χ2n) is 6.63. The molecule has 1 aliphatic carbocycles. The Morgan fingerprint density at radius 1 is 1.00 bits per heavy atom. The van der Waals surface area contributed by atoms with Crippen molar-refractivity contribution in [3.05, 3.63) is 12.4 Å². The third kappa shape index (κ3) is 3.33. The molecule has 2 saturated heterocycles. The molecule has 0 bridgehead atoms. The Kier molecular flexibility index (Phi) is 3.93. The Hall–Kier alpha value is -2.05. The second kappa shape index (κ2) is 6.22. The predicted octanol–water partition coefficient (Wildman–Crippen LogP) is 1.39. The van der Waals surface area contributed by atoms with E-state index in [-0.39, 0.29) is 6.03 Å². The molecule has 0 radical (unpaired) electrons. The number of carbonyl (C=O) groups excluding carboxylic acids is 1. The summed E-state index contributed by atoms with van der Waals surface area (Å²) in [6.45, 7) is 5.04. The number of aromatic nitrogens is 2. The molecule has 1 saturated carbocycles. The Balaban J connectivity index is 1.34. The van der Waals surface area contributed by atoms with E-state index in [1.807, 2.05) is 15.9 Å². The van der Waals surface area contributed by atoms with Crippen LogP contribution in [0.1, 0.15) is 25.7 Å². The summed E-state index contributed by atoms with van der Waals surface area (Å²) in [5, 5.41) is 3.41. The Morgan fingerprint density at radius 3 is 2.39 bits per heavy atom. The molecule has 1 aromatic heterocycles. The van der Waals surface area contributed by atoms with Crippen molar-refractivity contribution in [2.24, 2.45) is 0 Å². The first-order chi connectivity index (χ1) is 11.3. The molecule has 4 rings (SSSR count). The second-order valence-corrected chi connectivity index (χ2v) is 6.63. The maximum Gasteiger partial charge on any atom is 0.320 e. The number of amides is 2. The van der Waals surface area contributed by atoms with Crippen molar-refractivity contribution >= 4 is 17.7 Å². The molecule has 0 aromatic carbocycles. The average molecular weight is 316 g/mol. The van der Waals surface area contributed by atoms with Gasteiger partial charge < -0.3 is 20.0 Å². The lowest BCUT2D eigenvalue weighted by atomic mass is 10.3. The topological polar surface area (TPSA) is 64.6 Å². The van der Waals surface area contributed by atoms with Gasteiger partial charge in [0.25, 0.3) is 0 Å². The van der Waals surface area contributed by atoms with Gasteiger partial charge in [-0.2, -0.15) is 0 Å². The van der Waals surface area contributed by atoms with Crippen molar-refractivity contribution in [3.8, 4) is 0 Å². The molecule has 124 valence electrons. The fourth-order valence-corrected chi connectivity index (χ4v) is 3.27. The van der Waals surface area contributed by atoms with Gasteiger partial charge in [-0.1, -0.05) is 0 Å². The highest BCUT2D eigenvalue weighted by atomic mass is 16.2. The maximum absolute atomic E-state index is 12.4. The zero-order valence-electron chi connectivity index (χ0n) is 13.4. The summed E-state index contributed by atoms with van der Waals surface area (Å²) in [6.07, 6.45) is 6.38. The van der Waals surface area contributed by atoms with Crippen molar-refractivity contribution in [1.82, 2.24) is 19.8 Å². The Morgan fingerprint density at radius 2 is 1.70 bits per heavy atom. The van der Waals surface area contributed by atoms with E-state index in [2.05, 4.69) is 20.2 Å². The number of anilines is 2. The lowest BCUT2D eigenvalue weighted by Gasteiger charge is -2.37. The standard InChI is InChI=1S/C16H24N6O/c23-16(21-5-1-2-6-21)22-9-7-20(8-10-22)15-11-14(17-12-18-15)19-13-3-4-13/h11-13H,1-10H2,(H,17,18,19). The molecule has 0 unspecified atom stereocenters. The van der Waals surface area contributed by atoms with Crippen molar-refractivity contribution in [3.63, 3.8) is 0 Å². The predicted molar refractivity (Wildman–Crippen MR) is 88.7 cm³/mol. The number of piperazine rings is 1. The zero-order valence-corrected chi connectivity index (χ0v) is 13.4. The summed E-state index contributed by atoms with van der Waals surface area (Å²) in [5.41, 5.74) is 0. The van der Waals surface area contributed by atoms with E-state index in [0.29, 0.717) is 6.04 Å². The van der Waals surface area contributed by atoms with E-state index in [1.165, 1.54) is 12.8 Å². The van der Waals surface area contributed by atoms with Gasteiger partial charge in [0.2, 0.25) is 0 Å². The fourth-order valence-electron chi connectivity index (χ4n) is 3.27. The molecule has 2 amide bonds. The van der Waals surface area contributed by atoms with Crippen LogP contribution in [0.25, 0.3) is 0 Å². The molecular formula is C16H24N6O. The Bertz CT molecular complexity index is 561. The molecule has 3 fully saturated rings. The first-order valence-corrected chi connectivity index (χ1v) is 8.67. The van der Waals surface area contributed by atoms with Gasteiger partial charge in [0.05, 0.1) is 0 Å². The van der Waals surface area contributed by atoms with Gasteiger partial charge in [-0.05, 0) is 25.7 Å². The van der Waals surface area contributed by atoms with Crippen LogP contribution in [0.3, 0.4) is 0 Å². The van der Waals surface area contributed by atoms with Gasteiger partial charge in [0, 0.05) is 51.4 Å². The van der Waals surface area contributed by atoms with E-state index in [4.69, 9.17) is 0 Å². The van der Waals surface area contributed by atoms with Gasteiger partial charge in [0.1, 0.15) is 18.0 Å². The van der Waals surface area contributed by atoms with Crippen LogP contribution in [0.5, 0.6) is 0 Å². The van der Waals surface area contributed by atoms with Crippen LogP contribution in [0.2, 0.25) is 0 Å². The summed E-state index contributed by atoms with van der Waals surface area (Å²) in [4.78, 5) is 27.3. The zero-order chi connectivity index (χ0) is 15.6. The number of hydrogen-bond acceptors (Lipinski definition) is 5. The molecule has 7 heteroatoms. The summed E-state index contributed by atoms with van der Waals surface area (Å²) >= 11 is 0. The summed E-state index contributed by atoms with van der Waals surface area (Å²) < 4.78 is 0. The molecule has 2 aliphatic heterocycles. The van der Waals surface area contributed by atoms with Crippen molar-refractivity contribution in [2.45, 2.75) is 31.7 Å². The van der Waals surface area contributed by atoms with Crippen molar-refractivity contribution in [2.75, 3.05) is 49.5 Å². The highest BCUT2D eigenvalue weighted by Gasteiger charge is 2.27. The third-order valence-electron chi connectivity index (χ3n) is 4.83. The molecule has 1 N–H and O–H groups in total. The minimum absolute atomic E-state index is 0.209. The van der Waals surface area contributed by atoms with Crippen LogP contribution in [-0.2, 0) is 0 Å². The molecule has 7 nitrogen and oxygen atoms in total. The summed E-state index contributed by atoms with van der Waals surface area (Å²) in [7, 11) is 0. The van der Waals surface area contributed by atoms with E-state index in [1.54, 1.807) is 6.33 Å². The molecule has 3 aliphatic rings. The van der Waals surface area contributed by atoms with E-state index < -0.39 is 0 Å². The minimum Gasteiger partial charge on any atom is -0.367 e. The van der Waals surface area contributed by atoms with Crippen LogP contribution in [0.4, 0.5) is 16.4 Å². The van der Waals surface area contributed by atoms with Gasteiger partial charge in [-0.3, -0.25) is 0 Å². The van der Waals surface area contributed by atoms with Crippen molar-refractivity contribution < 1.29 is 4.79 Å². The number of nitrogens with one attached hydrogen (secondary N) is 1. The molecule has 0 spiro atoms. The quantitative estimate of drug-likeness (QED) is 0.913. The highest BCUT2D eigenvalue weighted by Crippen LogP contribution is 2.25. The lowest BCUT2D eigenvalue weighted by molar-refractivity contribution is 0.159. The molecular weight excluding hydrogens is 292 g/mol. The lowest BCUT2D eigenvalue weighted by Crippen LogP contribution is -2.52. The number of nitrogens with zero attached hydrogens (tertiary/aromatic N) is 5. The first-order valence-electron chi connectivity index (χ1n) is 8.67. The van der Waals surface area contributed by atoms with Crippen LogP contribution < -0.4 is 10.2 Å². The van der Waals surface area contributed by atoms with Gasteiger partial charge in [-0.15, -0.1) is 0 Å². The van der Waals surface area contributed by atoms with Crippen LogP contribution in [-0.4, -0.2) is 71.1 Å². The monoisotopic (exact) mass is 316 g/mol.